The number of thiophene rings is 1. The van der Waals surface area contributed by atoms with Gasteiger partial charge in [0.25, 0.3) is 0 Å². The smallest absolute Gasteiger partial charge is 0.243 e. The van der Waals surface area contributed by atoms with Crippen LogP contribution in [0.2, 0.25) is 0 Å². The summed E-state index contributed by atoms with van der Waals surface area (Å²) in [7, 11) is -3.62. The molecular weight excluding hydrogens is 304 g/mol. The first-order valence-corrected chi connectivity index (χ1v) is 9.13. The molecule has 0 saturated carbocycles. The molecule has 0 spiro atoms. The third kappa shape index (κ3) is 3.64. The van der Waals surface area contributed by atoms with Crippen LogP contribution in [-0.4, -0.2) is 14.5 Å². The van der Waals surface area contributed by atoms with E-state index in [4.69, 9.17) is 5.73 Å². The van der Waals surface area contributed by atoms with Gasteiger partial charge in [0.15, 0.2) is 0 Å². The molecule has 1 unspecified atom stereocenters. The van der Waals surface area contributed by atoms with E-state index in [1.54, 1.807) is 24.3 Å². The molecule has 21 heavy (non-hydrogen) atoms. The largest absolute Gasteiger partial charge is 0.397 e. The summed E-state index contributed by atoms with van der Waals surface area (Å²) in [6.07, 6.45) is 0.660. The molecule has 1 aromatic heterocycles. The Balaban J connectivity index is 2.25. The second-order valence-electron chi connectivity index (χ2n) is 5.30. The summed E-state index contributed by atoms with van der Waals surface area (Å²) in [4.78, 5) is 0.194. The fourth-order valence-electron chi connectivity index (χ4n) is 2.29. The average Bonchev–Trinajstić information content (AvgIpc) is 2.85. The van der Waals surface area contributed by atoms with Crippen LogP contribution in [-0.2, 0) is 16.4 Å². The van der Waals surface area contributed by atoms with E-state index in [0.717, 1.165) is 11.1 Å². The van der Waals surface area contributed by atoms with E-state index in [9.17, 15) is 8.42 Å². The maximum atomic E-state index is 12.6. The SMILES string of the molecule is Cc1ccc(C)c(S(=O)(=O)NC(C)Cc2ccsc2)c1N. The van der Waals surface area contributed by atoms with Gasteiger partial charge in [0.1, 0.15) is 4.90 Å². The van der Waals surface area contributed by atoms with Gasteiger partial charge < -0.3 is 5.73 Å². The van der Waals surface area contributed by atoms with Crippen LogP contribution in [0.25, 0.3) is 0 Å². The van der Waals surface area contributed by atoms with Crippen molar-refractivity contribution in [3.8, 4) is 0 Å². The molecule has 0 bridgehead atoms. The van der Waals surface area contributed by atoms with E-state index in [2.05, 4.69) is 4.72 Å². The van der Waals surface area contributed by atoms with Gasteiger partial charge in [-0.15, -0.1) is 0 Å². The maximum absolute atomic E-state index is 12.6. The molecule has 0 saturated heterocycles. The van der Waals surface area contributed by atoms with Crippen molar-refractivity contribution in [2.75, 3.05) is 5.73 Å². The van der Waals surface area contributed by atoms with Gasteiger partial charge in [0.05, 0.1) is 5.69 Å². The van der Waals surface area contributed by atoms with E-state index in [-0.39, 0.29) is 10.9 Å². The lowest BCUT2D eigenvalue weighted by atomic mass is 10.1. The Bertz CT molecular complexity index is 722. The topological polar surface area (TPSA) is 72.2 Å². The van der Waals surface area contributed by atoms with Crippen molar-refractivity contribution in [3.05, 3.63) is 45.6 Å². The lowest BCUT2D eigenvalue weighted by Crippen LogP contribution is -2.35. The molecule has 6 heteroatoms. The average molecular weight is 324 g/mol. The number of hydrogen-bond acceptors (Lipinski definition) is 4. The molecule has 4 nitrogen and oxygen atoms in total. The Morgan fingerprint density at radius 2 is 1.90 bits per heavy atom. The van der Waals surface area contributed by atoms with Gasteiger partial charge >= 0.3 is 0 Å². The number of nitrogens with two attached hydrogens (primary N) is 1. The summed E-state index contributed by atoms with van der Waals surface area (Å²) in [5.41, 5.74) is 8.85. The van der Waals surface area contributed by atoms with Crippen LogP contribution in [0.4, 0.5) is 5.69 Å². The summed E-state index contributed by atoms with van der Waals surface area (Å²) < 4.78 is 27.9. The van der Waals surface area contributed by atoms with Crippen molar-refractivity contribution in [1.29, 1.82) is 0 Å². The number of hydrogen-bond donors (Lipinski definition) is 2. The molecule has 3 N–H and O–H groups in total. The van der Waals surface area contributed by atoms with Gasteiger partial charge in [-0.2, -0.15) is 11.3 Å². The fraction of sp³-hybridized carbons (Fsp3) is 0.333. The predicted octanol–water partition coefficient (Wildman–Crippen LogP) is 2.86. The molecule has 114 valence electrons. The molecule has 0 radical (unpaired) electrons. The van der Waals surface area contributed by atoms with Crippen LogP contribution < -0.4 is 10.5 Å². The standard InChI is InChI=1S/C15H20N2O2S2/c1-10-4-5-11(2)15(14(10)16)21(18,19)17-12(3)8-13-6-7-20-9-13/h4-7,9,12,17H,8,16H2,1-3H3. The van der Waals surface area contributed by atoms with E-state index < -0.39 is 10.0 Å². The minimum Gasteiger partial charge on any atom is -0.397 e. The van der Waals surface area contributed by atoms with Crippen LogP contribution in [0.15, 0.2) is 33.9 Å². The first-order valence-electron chi connectivity index (χ1n) is 6.70. The Hall–Kier alpha value is -1.37. The number of benzene rings is 1. The fourth-order valence-corrected chi connectivity index (χ4v) is 4.65. The Labute approximate surface area is 130 Å². The molecule has 2 aromatic rings. The van der Waals surface area contributed by atoms with Crippen LogP contribution in [0.1, 0.15) is 23.6 Å². The minimum atomic E-state index is -3.62. The highest BCUT2D eigenvalue weighted by Gasteiger charge is 2.23. The van der Waals surface area contributed by atoms with Crippen LogP contribution in [0.3, 0.4) is 0 Å². The van der Waals surface area contributed by atoms with Crippen molar-refractivity contribution in [3.63, 3.8) is 0 Å². The highest BCUT2D eigenvalue weighted by molar-refractivity contribution is 7.89. The molecule has 0 fully saturated rings. The molecular formula is C15H20N2O2S2. The normalized spacial score (nSPS) is 13.3. The molecule has 1 heterocycles. The minimum absolute atomic E-state index is 0.191. The molecule has 0 aliphatic carbocycles. The van der Waals surface area contributed by atoms with Crippen molar-refractivity contribution in [2.45, 2.75) is 38.1 Å². The van der Waals surface area contributed by atoms with E-state index in [1.807, 2.05) is 36.7 Å². The van der Waals surface area contributed by atoms with Gasteiger partial charge in [-0.1, -0.05) is 12.1 Å². The molecule has 0 aliphatic rings. The lowest BCUT2D eigenvalue weighted by Gasteiger charge is -2.17. The Morgan fingerprint density at radius 3 is 2.52 bits per heavy atom. The first kappa shape index (κ1) is 16.0. The molecule has 0 amide bonds. The Morgan fingerprint density at radius 1 is 1.24 bits per heavy atom. The van der Waals surface area contributed by atoms with Crippen LogP contribution in [0.5, 0.6) is 0 Å². The molecule has 0 aliphatic heterocycles. The zero-order valence-electron chi connectivity index (χ0n) is 12.4. The van der Waals surface area contributed by atoms with Crippen molar-refractivity contribution < 1.29 is 8.42 Å². The maximum Gasteiger partial charge on any atom is 0.243 e. The van der Waals surface area contributed by atoms with Gasteiger partial charge in [0, 0.05) is 6.04 Å². The van der Waals surface area contributed by atoms with E-state index in [1.165, 1.54) is 0 Å². The predicted molar refractivity (Wildman–Crippen MR) is 88.1 cm³/mol. The van der Waals surface area contributed by atoms with Gasteiger partial charge in [-0.25, -0.2) is 13.1 Å². The van der Waals surface area contributed by atoms with Gasteiger partial charge in [-0.3, -0.25) is 0 Å². The summed E-state index contributed by atoms with van der Waals surface area (Å²) in [6.45, 7) is 5.42. The lowest BCUT2D eigenvalue weighted by molar-refractivity contribution is 0.559. The second-order valence-corrected chi connectivity index (χ2v) is 7.73. The van der Waals surface area contributed by atoms with Crippen LogP contribution in [0, 0.1) is 13.8 Å². The highest BCUT2D eigenvalue weighted by atomic mass is 32.2. The van der Waals surface area contributed by atoms with Crippen molar-refractivity contribution in [2.24, 2.45) is 0 Å². The highest BCUT2D eigenvalue weighted by Crippen LogP contribution is 2.26. The summed E-state index contributed by atoms with van der Waals surface area (Å²) in [5.74, 6) is 0. The van der Waals surface area contributed by atoms with Crippen molar-refractivity contribution >= 4 is 27.0 Å². The number of sulfonamides is 1. The van der Waals surface area contributed by atoms with E-state index >= 15 is 0 Å². The zero-order chi connectivity index (χ0) is 15.6. The van der Waals surface area contributed by atoms with Gasteiger partial charge in [0.2, 0.25) is 10.0 Å². The molecule has 2 rings (SSSR count). The quantitative estimate of drug-likeness (QED) is 0.831. The summed E-state index contributed by atoms with van der Waals surface area (Å²) in [6, 6.07) is 5.42. The third-order valence-electron chi connectivity index (χ3n) is 3.36. The number of anilines is 1. The Kier molecular flexibility index (Phi) is 4.70. The number of aryl methyl sites for hydroxylation is 2. The monoisotopic (exact) mass is 324 g/mol. The second kappa shape index (κ2) is 6.17. The van der Waals surface area contributed by atoms with Crippen molar-refractivity contribution in [1.82, 2.24) is 4.72 Å². The summed E-state index contributed by atoms with van der Waals surface area (Å²) in [5, 5.41) is 4.01. The number of nitrogen functional groups attached to an aromatic ring is 1. The zero-order valence-corrected chi connectivity index (χ0v) is 14.0. The number of rotatable bonds is 5. The first-order chi connectivity index (χ1) is 9.81. The third-order valence-corrected chi connectivity index (χ3v) is 5.88. The van der Waals surface area contributed by atoms with Crippen LogP contribution >= 0.6 is 11.3 Å². The molecule has 1 aromatic carbocycles. The number of nitrogens with one attached hydrogen (secondary N) is 1. The van der Waals surface area contributed by atoms with E-state index in [0.29, 0.717) is 17.7 Å². The molecule has 1 atom stereocenters. The summed E-state index contributed by atoms with van der Waals surface area (Å²) >= 11 is 1.61. The van der Waals surface area contributed by atoms with Gasteiger partial charge in [-0.05, 0) is 60.7 Å².